The normalized spacial score (nSPS) is 25.5. The van der Waals surface area contributed by atoms with Gasteiger partial charge in [0.15, 0.2) is 5.82 Å². The van der Waals surface area contributed by atoms with Gasteiger partial charge >= 0.3 is 0 Å². The van der Waals surface area contributed by atoms with E-state index in [4.69, 9.17) is 10.5 Å². The summed E-state index contributed by atoms with van der Waals surface area (Å²) in [6.07, 6.45) is 2.48. The van der Waals surface area contributed by atoms with E-state index in [1.165, 1.54) is 0 Å². The Hall–Kier alpha value is -0.940. The molecular weight excluding hydrogens is 216 g/mol. The second kappa shape index (κ2) is 4.38. The molecule has 2 atom stereocenters. The SMILES string of the molecule is CC1CCC(c2nnc(CN)n2C(C)(C)C)O1. The molecule has 5 heteroatoms. The van der Waals surface area contributed by atoms with E-state index in [0.29, 0.717) is 12.6 Å². The van der Waals surface area contributed by atoms with E-state index >= 15 is 0 Å². The number of nitrogens with two attached hydrogens (primary N) is 1. The lowest BCUT2D eigenvalue weighted by Crippen LogP contribution is -2.28. The molecule has 2 unspecified atom stereocenters. The zero-order valence-electron chi connectivity index (χ0n) is 11.1. The highest BCUT2D eigenvalue weighted by atomic mass is 16.5. The van der Waals surface area contributed by atoms with Crippen LogP contribution in [0.1, 0.15) is 58.3 Å². The van der Waals surface area contributed by atoms with Crippen LogP contribution in [0, 0.1) is 0 Å². The van der Waals surface area contributed by atoms with Gasteiger partial charge in [-0.25, -0.2) is 0 Å². The van der Waals surface area contributed by atoms with Crippen LogP contribution in [-0.2, 0) is 16.8 Å². The summed E-state index contributed by atoms with van der Waals surface area (Å²) >= 11 is 0. The van der Waals surface area contributed by atoms with E-state index in [-0.39, 0.29) is 11.6 Å². The van der Waals surface area contributed by atoms with Gasteiger partial charge < -0.3 is 15.0 Å². The summed E-state index contributed by atoms with van der Waals surface area (Å²) in [4.78, 5) is 0. The fourth-order valence-corrected chi connectivity index (χ4v) is 2.39. The van der Waals surface area contributed by atoms with Gasteiger partial charge in [-0.05, 0) is 40.5 Å². The van der Waals surface area contributed by atoms with Gasteiger partial charge in [-0.3, -0.25) is 0 Å². The molecule has 1 aliphatic rings. The Bertz CT molecular complexity index is 394. The van der Waals surface area contributed by atoms with Crippen LogP contribution < -0.4 is 5.73 Å². The molecule has 2 N–H and O–H groups in total. The maximum atomic E-state index is 5.88. The smallest absolute Gasteiger partial charge is 0.162 e. The molecule has 5 nitrogen and oxygen atoms in total. The van der Waals surface area contributed by atoms with Crippen LogP contribution in [0.4, 0.5) is 0 Å². The van der Waals surface area contributed by atoms with Crippen molar-refractivity contribution in [1.29, 1.82) is 0 Å². The summed E-state index contributed by atoms with van der Waals surface area (Å²) in [6, 6.07) is 0. The highest BCUT2D eigenvalue weighted by Gasteiger charge is 2.32. The Morgan fingerprint density at radius 3 is 2.53 bits per heavy atom. The second-order valence-electron chi connectivity index (χ2n) is 5.70. The quantitative estimate of drug-likeness (QED) is 0.852. The van der Waals surface area contributed by atoms with Crippen molar-refractivity contribution >= 4 is 0 Å². The van der Waals surface area contributed by atoms with E-state index in [2.05, 4.69) is 42.5 Å². The van der Waals surface area contributed by atoms with Gasteiger partial charge in [-0.2, -0.15) is 0 Å². The van der Waals surface area contributed by atoms with Crippen molar-refractivity contribution in [3.05, 3.63) is 11.6 Å². The molecule has 0 bridgehead atoms. The summed E-state index contributed by atoms with van der Waals surface area (Å²) in [5.74, 6) is 1.75. The summed E-state index contributed by atoms with van der Waals surface area (Å²) in [6.45, 7) is 8.92. The number of aromatic nitrogens is 3. The summed E-state index contributed by atoms with van der Waals surface area (Å²) in [7, 11) is 0. The highest BCUT2D eigenvalue weighted by Crippen LogP contribution is 2.33. The first-order valence-corrected chi connectivity index (χ1v) is 6.23. The van der Waals surface area contributed by atoms with Crippen LogP contribution in [0.5, 0.6) is 0 Å². The lowest BCUT2D eigenvalue weighted by molar-refractivity contribution is 0.0454. The van der Waals surface area contributed by atoms with Crippen molar-refractivity contribution in [3.8, 4) is 0 Å². The monoisotopic (exact) mass is 238 g/mol. The third-order valence-corrected chi connectivity index (χ3v) is 3.13. The molecule has 2 rings (SSSR count). The molecule has 96 valence electrons. The molecule has 0 amide bonds. The molecule has 1 saturated heterocycles. The van der Waals surface area contributed by atoms with Gasteiger partial charge in [0.05, 0.1) is 12.6 Å². The Kier molecular flexibility index (Phi) is 3.23. The van der Waals surface area contributed by atoms with Crippen LogP contribution >= 0.6 is 0 Å². The van der Waals surface area contributed by atoms with E-state index in [1.807, 2.05) is 0 Å². The minimum Gasteiger partial charge on any atom is -0.367 e. The van der Waals surface area contributed by atoms with Crippen molar-refractivity contribution in [2.24, 2.45) is 5.73 Å². The van der Waals surface area contributed by atoms with Crippen molar-refractivity contribution in [2.75, 3.05) is 0 Å². The summed E-state index contributed by atoms with van der Waals surface area (Å²) in [5.41, 5.74) is 5.66. The molecular formula is C12H22N4O. The maximum absolute atomic E-state index is 5.88. The predicted octanol–water partition coefficient (Wildman–Crippen LogP) is 1.73. The molecule has 0 saturated carbocycles. The fraction of sp³-hybridized carbons (Fsp3) is 0.833. The molecule has 1 aromatic rings. The average Bonchev–Trinajstić information content (AvgIpc) is 2.81. The number of nitrogens with zero attached hydrogens (tertiary/aromatic N) is 3. The molecule has 0 aromatic carbocycles. The molecule has 0 radical (unpaired) electrons. The number of hydrogen-bond donors (Lipinski definition) is 1. The first-order valence-electron chi connectivity index (χ1n) is 6.23. The largest absolute Gasteiger partial charge is 0.367 e. The molecule has 1 aromatic heterocycles. The number of hydrogen-bond acceptors (Lipinski definition) is 4. The van der Waals surface area contributed by atoms with Crippen molar-refractivity contribution in [2.45, 2.75) is 64.8 Å². The Balaban J connectivity index is 2.37. The zero-order valence-corrected chi connectivity index (χ0v) is 11.1. The molecule has 0 aliphatic carbocycles. The molecule has 0 spiro atoms. The number of rotatable bonds is 2. The van der Waals surface area contributed by atoms with Crippen LogP contribution in [-0.4, -0.2) is 20.9 Å². The fourth-order valence-electron chi connectivity index (χ4n) is 2.39. The van der Waals surface area contributed by atoms with Gasteiger partial charge in [0.2, 0.25) is 0 Å². The highest BCUT2D eigenvalue weighted by molar-refractivity contribution is 5.05. The van der Waals surface area contributed by atoms with Crippen LogP contribution in [0.3, 0.4) is 0 Å². The summed E-state index contributed by atoms with van der Waals surface area (Å²) < 4.78 is 8.00. The van der Waals surface area contributed by atoms with Gasteiger partial charge in [0.1, 0.15) is 11.9 Å². The number of ether oxygens (including phenoxy) is 1. The van der Waals surface area contributed by atoms with Crippen LogP contribution in [0.25, 0.3) is 0 Å². The topological polar surface area (TPSA) is 66.0 Å². The van der Waals surface area contributed by atoms with Gasteiger partial charge in [-0.15, -0.1) is 10.2 Å². The first-order chi connectivity index (χ1) is 7.93. The molecule has 2 heterocycles. The lowest BCUT2D eigenvalue weighted by Gasteiger charge is -2.26. The molecule has 1 aliphatic heterocycles. The van der Waals surface area contributed by atoms with E-state index in [1.54, 1.807) is 0 Å². The van der Waals surface area contributed by atoms with Crippen LogP contribution in [0.2, 0.25) is 0 Å². The lowest BCUT2D eigenvalue weighted by atomic mass is 10.1. The second-order valence-corrected chi connectivity index (χ2v) is 5.70. The summed E-state index contributed by atoms with van der Waals surface area (Å²) in [5, 5.41) is 8.46. The van der Waals surface area contributed by atoms with E-state index < -0.39 is 0 Å². The Labute approximate surface area is 102 Å². The molecule has 1 fully saturated rings. The van der Waals surface area contributed by atoms with Gasteiger partial charge in [0, 0.05) is 5.54 Å². The van der Waals surface area contributed by atoms with Crippen molar-refractivity contribution in [3.63, 3.8) is 0 Å². The standard InChI is InChI=1S/C12H22N4O/c1-8-5-6-9(17-8)11-15-14-10(7-13)16(11)12(2,3)4/h8-9H,5-7,13H2,1-4H3. The minimum atomic E-state index is -0.0667. The van der Waals surface area contributed by atoms with Crippen molar-refractivity contribution in [1.82, 2.24) is 14.8 Å². The third kappa shape index (κ3) is 2.35. The van der Waals surface area contributed by atoms with Gasteiger partial charge in [0.25, 0.3) is 0 Å². The van der Waals surface area contributed by atoms with Crippen LogP contribution in [0.15, 0.2) is 0 Å². The Morgan fingerprint density at radius 2 is 2.06 bits per heavy atom. The predicted molar refractivity (Wildman–Crippen MR) is 65.4 cm³/mol. The average molecular weight is 238 g/mol. The van der Waals surface area contributed by atoms with Gasteiger partial charge in [-0.1, -0.05) is 0 Å². The zero-order chi connectivity index (χ0) is 12.6. The van der Waals surface area contributed by atoms with E-state index in [9.17, 15) is 0 Å². The maximum Gasteiger partial charge on any atom is 0.162 e. The van der Waals surface area contributed by atoms with Crippen molar-refractivity contribution < 1.29 is 4.74 Å². The Morgan fingerprint density at radius 1 is 1.35 bits per heavy atom. The first kappa shape index (κ1) is 12.5. The van der Waals surface area contributed by atoms with E-state index in [0.717, 1.165) is 24.5 Å². The minimum absolute atomic E-state index is 0.0667. The third-order valence-electron chi connectivity index (χ3n) is 3.13. The molecule has 17 heavy (non-hydrogen) atoms.